The third-order valence-corrected chi connectivity index (χ3v) is 5.65. The third-order valence-electron chi connectivity index (χ3n) is 5.65. The van der Waals surface area contributed by atoms with Gasteiger partial charge in [0.2, 0.25) is 0 Å². The Morgan fingerprint density at radius 1 is 1.03 bits per heavy atom. The SMILES string of the molecule is C=CCCc1ccc(C(C)CN[C@@H](CCNc2cccnc2N)c2ccccc2)cc1.[HH].[HH].[HH]. The van der Waals surface area contributed by atoms with Crippen LogP contribution in [0.25, 0.3) is 0 Å². The van der Waals surface area contributed by atoms with E-state index in [0.717, 1.165) is 38.0 Å². The topological polar surface area (TPSA) is 63.0 Å². The number of nitrogens with two attached hydrogens (primary N) is 1. The van der Waals surface area contributed by atoms with Gasteiger partial charge in [-0.3, -0.25) is 0 Å². The van der Waals surface area contributed by atoms with Crippen LogP contribution >= 0.6 is 0 Å². The lowest BCUT2D eigenvalue weighted by atomic mass is 9.97. The van der Waals surface area contributed by atoms with Crippen LogP contribution in [0.3, 0.4) is 0 Å². The molecular formula is C27H40N4. The van der Waals surface area contributed by atoms with Gasteiger partial charge in [0.15, 0.2) is 0 Å². The van der Waals surface area contributed by atoms with E-state index in [-0.39, 0.29) is 10.3 Å². The van der Waals surface area contributed by atoms with E-state index >= 15 is 0 Å². The van der Waals surface area contributed by atoms with E-state index in [1.807, 2.05) is 18.2 Å². The molecule has 1 aromatic heterocycles. The predicted molar refractivity (Wildman–Crippen MR) is 139 cm³/mol. The third kappa shape index (κ3) is 6.97. The van der Waals surface area contributed by atoms with E-state index in [2.05, 4.69) is 83.7 Å². The van der Waals surface area contributed by atoms with Gasteiger partial charge in [-0.15, -0.1) is 6.58 Å². The first-order valence-corrected chi connectivity index (χ1v) is 11.1. The molecule has 168 valence electrons. The Balaban J connectivity index is 0.00000363. The van der Waals surface area contributed by atoms with Crippen molar-refractivity contribution >= 4 is 11.5 Å². The van der Waals surface area contributed by atoms with E-state index in [4.69, 9.17) is 5.73 Å². The van der Waals surface area contributed by atoms with Crippen molar-refractivity contribution in [2.45, 2.75) is 38.1 Å². The summed E-state index contributed by atoms with van der Waals surface area (Å²) in [5.41, 5.74) is 10.9. The molecule has 3 rings (SSSR count). The highest BCUT2D eigenvalue weighted by Crippen LogP contribution is 2.21. The summed E-state index contributed by atoms with van der Waals surface area (Å²) in [6, 6.07) is 23.8. The minimum atomic E-state index is 0. The number of nitrogen functional groups attached to an aromatic ring is 1. The van der Waals surface area contributed by atoms with Crippen LogP contribution < -0.4 is 16.4 Å². The number of aromatic nitrogens is 1. The van der Waals surface area contributed by atoms with Crippen molar-refractivity contribution < 1.29 is 4.28 Å². The number of nitrogens with zero attached hydrogens (tertiary/aromatic N) is 1. The molecule has 0 amide bonds. The summed E-state index contributed by atoms with van der Waals surface area (Å²) in [6.07, 6.45) is 6.71. The van der Waals surface area contributed by atoms with E-state index in [0.29, 0.717) is 11.7 Å². The van der Waals surface area contributed by atoms with Crippen LogP contribution in [0.15, 0.2) is 85.6 Å². The summed E-state index contributed by atoms with van der Waals surface area (Å²) in [4.78, 5) is 4.15. The van der Waals surface area contributed by atoms with Crippen molar-refractivity contribution in [3.8, 4) is 0 Å². The monoisotopic (exact) mass is 420 g/mol. The van der Waals surface area contributed by atoms with Gasteiger partial charge in [-0.1, -0.05) is 67.6 Å². The zero-order chi connectivity index (χ0) is 21.9. The first kappa shape index (κ1) is 22.6. The number of pyridine rings is 1. The highest BCUT2D eigenvalue weighted by Gasteiger charge is 2.14. The molecule has 4 heteroatoms. The molecule has 0 radical (unpaired) electrons. The molecule has 0 bridgehead atoms. The van der Waals surface area contributed by atoms with Gasteiger partial charge in [-0.05, 0) is 54.0 Å². The number of allylic oxidation sites excluding steroid dienone is 1. The number of benzene rings is 2. The van der Waals surface area contributed by atoms with Crippen molar-refractivity contribution in [2.24, 2.45) is 0 Å². The summed E-state index contributed by atoms with van der Waals surface area (Å²) < 4.78 is 0. The Morgan fingerprint density at radius 3 is 2.52 bits per heavy atom. The summed E-state index contributed by atoms with van der Waals surface area (Å²) in [5.74, 6) is 0.971. The normalized spacial score (nSPS) is 12.8. The number of aryl methyl sites for hydroxylation is 1. The number of rotatable bonds is 12. The van der Waals surface area contributed by atoms with Crippen LogP contribution in [-0.2, 0) is 6.42 Å². The van der Waals surface area contributed by atoms with Gasteiger partial charge in [0.25, 0.3) is 0 Å². The fourth-order valence-electron chi connectivity index (χ4n) is 3.71. The fraction of sp³-hybridized carbons (Fsp3) is 0.296. The molecule has 0 aliphatic rings. The summed E-state index contributed by atoms with van der Waals surface area (Å²) in [6.45, 7) is 7.82. The van der Waals surface area contributed by atoms with Gasteiger partial charge in [0.1, 0.15) is 5.82 Å². The van der Waals surface area contributed by atoms with Crippen LogP contribution in [0.2, 0.25) is 0 Å². The molecule has 0 spiro atoms. The molecular weight excluding hydrogens is 380 g/mol. The molecule has 0 saturated heterocycles. The smallest absolute Gasteiger partial charge is 0.146 e. The minimum absolute atomic E-state index is 0. The molecule has 0 aliphatic carbocycles. The molecule has 0 saturated carbocycles. The quantitative estimate of drug-likeness (QED) is 0.294. The Labute approximate surface area is 191 Å². The molecule has 4 nitrogen and oxygen atoms in total. The second-order valence-electron chi connectivity index (χ2n) is 7.99. The average Bonchev–Trinajstić information content (AvgIpc) is 2.81. The fourth-order valence-corrected chi connectivity index (χ4v) is 3.71. The van der Waals surface area contributed by atoms with Crippen molar-refractivity contribution in [3.05, 3.63) is 102 Å². The summed E-state index contributed by atoms with van der Waals surface area (Å²) in [7, 11) is 0. The van der Waals surface area contributed by atoms with Gasteiger partial charge >= 0.3 is 0 Å². The molecule has 1 unspecified atom stereocenters. The molecule has 1 heterocycles. The first-order chi connectivity index (χ1) is 15.2. The second kappa shape index (κ2) is 11.9. The van der Waals surface area contributed by atoms with Gasteiger partial charge in [-0.2, -0.15) is 0 Å². The lowest BCUT2D eigenvalue weighted by molar-refractivity contribution is 0.488. The Hall–Kier alpha value is -3.11. The lowest BCUT2D eigenvalue weighted by Crippen LogP contribution is -2.27. The van der Waals surface area contributed by atoms with Crippen LogP contribution in [0.1, 0.15) is 52.7 Å². The predicted octanol–water partition coefficient (Wildman–Crippen LogP) is 6.46. The van der Waals surface area contributed by atoms with Gasteiger partial charge in [0, 0.05) is 29.6 Å². The second-order valence-corrected chi connectivity index (χ2v) is 7.99. The van der Waals surface area contributed by atoms with Gasteiger partial charge in [-0.25, -0.2) is 4.98 Å². The number of hydrogen-bond donors (Lipinski definition) is 3. The maximum atomic E-state index is 5.95. The van der Waals surface area contributed by atoms with Crippen LogP contribution in [-0.4, -0.2) is 18.1 Å². The van der Waals surface area contributed by atoms with Crippen molar-refractivity contribution in [2.75, 3.05) is 24.1 Å². The lowest BCUT2D eigenvalue weighted by Gasteiger charge is -2.23. The van der Waals surface area contributed by atoms with E-state index in [1.165, 1.54) is 16.7 Å². The molecule has 0 aliphatic heterocycles. The maximum absolute atomic E-state index is 5.95. The molecule has 2 aromatic carbocycles. The molecule has 4 N–H and O–H groups in total. The van der Waals surface area contributed by atoms with Crippen LogP contribution in [0, 0.1) is 0 Å². The van der Waals surface area contributed by atoms with Crippen LogP contribution in [0.4, 0.5) is 11.5 Å². The highest BCUT2D eigenvalue weighted by molar-refractivity contribution is 5.60. The number of nitrogens with one attached hydrogen (secondary N) is 2. The van der Waals surface area contributed by atoms with E-state index in [1.54, 1.807) is 6.20 Å². The van der Waals surface area contributed by atoms with Crippen LogP contribution in [0.5, 0.6) is 0 Å². The van der Waals surface area contributed by atoms with E-state index in [9.17, 15) is 0 Å². The molecule has 0 fully saturated rings. The number of anilines is 2. The standard InChI is InChI=1S/C27H34N4.3H2/c1-3-4-9-22-13-15-23(16-14-22)21(2)20-31-25(24-10-6-5-7-11-24)17-19-29-26-12-8-18-30-27(26)28;;;/h3,5-8,10-16,18,21,25,29,31H,1,4,9,17,19-20H2,2H3,(H2,28,30);3*1H/t21?,25-;;;/m0.../s1. The zero-order valence-corrected chi connectivity index (χ0v) is 18.4. The van der Waals surface area contributed by atoms with Gasteiger partial charge < -0.3 is 16.4 Å². The Morgan fingerprint density at radius 2 is 1.81 bits per heavy atom. The largest absolute Gasteiger partial charge is 0.382 e. The minimum Gasteiger partial charge on any atom is -0.382 e. The van der Waals surface area contributed by atoms with Crippen molar-refractivity contribution in [3.63, 3.8) is 0 Å². The number of hydrogen-bond acceptors (Lipinski definition) is 4. The zero-order valence-electron chi connectivity index (χ0n) is 18.4. The highest BCUT2D eigenvalue weighted by atomic mass is 15.0. The molecule has 31 heavy (non-hydrogen) atoms. The maximum Gasteiger partial charge on any atom is 0.146 e. The summed E-state index contributed by atoms with van der Waals surface area (Å²) in [5, 5.41) is 7.20. The van der Waals surface area contributed by atoms with E-state index < -0.39 is 0 Å². The molecule has 3 aromatic rings. The van der Waals surface area contributed by atoms with Crippen molar-refractivity contribution in [1.29, 1.82) is 0 Å². The molecule has 2 atom stereocenters. The van der Waals surface area contributed by atoms with Gasteiger partial charge in [0.05, 0.1) is 5.69 Å². The summed E-state index contributed by atoms with van der Waals surface area (Å²) >= 11 is 0. The first-order valence-electron chi connectivity index (χ1n) is 11.1. The Kier molecular flexibility index (Phi) is 8.68. The van der Waals surface area contributed by atoms with Crippen molar-refractivity contribution in [1.82, 2.24) is 10.3 Å². The average molecular weight is 421 g/mol. The Bertz CT molecular complexity index is 936.